The molecule has 0 saturated carbocycles. The Hall–Kier alpha value is -1.41. The van der Waals surface area contributed by atoms with Gasteiger partial charge in [-0.2, -0.15) is 0 Å². The van der Waals surface area contributed by atoms with Crippen LogP contribution in [0.2, 0.25) is 0 Å². The second-order valence-electron chi connectivity index (χ2n) is 4.24. The third kappa shape index (κ3) is 3.54. The molecule has 2 rings (SSSR count). The van der Waals surface area contributed by atoms with Gasteiger partial charge in [-0.1, -0.05) is 0 Å². The summed E-state index contributed by atoms with van der Waals surface area (Å²) in [5.74, 6) is 1.11. The quantitative estimate of drug-likeness (QED) is 0.537. The van der Waals surface area contributed by atoms with Gasteiger partial charge in [0.25, 0.3) is 0 Å². The molecule has 19 heavy (non-hydrogen) atoms. The average Bonchev–Trinajstić information content (AvgIpc) is 2.71. The lowest BCUT2D eigenvalue weighted by Gasteiger charge is -2.18. The molecule has 0 fully saturated rings. The highest BCUT2D eigenvalue weighted by Crippen LogP contribution is 2.34. The third-order valence-electron chi connectivity index (χ3n) is 2.56. The smallest absolute Gasteiger partial charge is 0.350 e. The molecule has 0 radical (unpaired) electrons. The van der Waals surface area contributed by atoms with Gasteiger partial charge in [0, 0.05) is 0 Å². The molecule has 10 heteroatoms. The largest absolute Gasteiger partial charge is 0.382 e. The van der Waals surface area contributed by atoms with E-state index in [0.29, 0.717) is 24.7 Å². The van der Waals surface area contributed by atoms with Crippen LogP contribution in [0.4, 0.5) is 5.82 Å². The molecule has 5 N–H and O–H groups in total. The van der Waals surface area contributed by atoms with Crippen LogP contribution in [-0.4, -0.2) is 44.3 Å². The zero-order valence-electron chi connectivity index (χ0n) is 10.4. The second kappa shape index (κ2) is 5.30. The van der Waals surface area contributed by atoms with Crippen LogP contribution in [0, 0.1) is 0 Å². The van der Waals surface area contributed by atoms with Gasteiger partial charge in [0.15, 0.2) is 0 Å². The predicted molar refractivity (Wildman–Crippen MR) is 68.9 cm³/mol. The number of nitrogens with one attached hydrogen (secondary N) is 1. The standard InChI is InChI=1S/C9H16N5O4P/c1-6(18-5-19(15,16)17)2-14-4-13-7-8(10)11-3-12-9(7)14/h4,6,12H,2-3,5H2,1H3,(H2,10,11)(H2,15,16,17)/t6-/m1/s1. The third-order valence-corrected chi connectivity index (χ3v) is 3.04. The summed E-state index contributed by atoms with van der Waals surface area (Å²) in [6.45, 7) is 2.51. The van der Waals surface area contributed by atoms with E-state index in [4.69, 9.17) is 20.3 Å². The minimum Gasteiger partial charge on any atom is -0.382 e. The predicted octanol–water partition coefficient (Wildman–Crippen LogP) is -0.488. The molecule has 1 atom stereocenters. The van der Waals surface area contributed by atoms with Crippen molar-refractivity contribution in [3.8, 4) is 0 Å². The molecule has 0 unspecified atom stereocenters. The Labute approximate surface area is 109 Å². The van der Waals surface area contributed by atoms with Crippen molar-refractivity contribution in [2.24, 2.45) is 10.7 Å². The maximum Gasteiger partial charge on any atom is 0.350 e. The van der Waals surface area contributed by atoms with Gasteiger partial charge in [0.1, 0.15) is 30.4 Å². The topological polar surface area (TPSA) is 135 Å². The molecular formula is C9H16N5O4P. The number of anilines is 1. The molecule has 0 amide bonds. The summed E-state index contributed by atoms with van der Waals surface area (Å²) >= 11 is 0. The molecule has 0 saturated heterocycles. The molecule has 0 spiro atoms. The maximum absolute atomic E-state index is 10.7. The molecule has 1 aromatic rings. The fourth-order valence-electron chi connectivity index (χ4n) is 1.72. The van der Waals surface area contributed by atoms with Gasteiger partial charge in [0.05, 0.1) is 19.0 Å². The van der Waals surface area contributed by atoms with Crippen molar-refractivity contribution in [3.63, 3.8) is 0 Å². The van der Waals surface area contributed by atoms with E-state index in [9.17, 15) is 4.57 Å². The zero-order valence-corrected chi connectivity index (χ0v) is 11.2. The minimum atomic E-state index is -4.14. The van der Waals surface area contributed by atoms with E-state index in [1.165, 1.54) is 0 Å². The van der Waals surface area contributed by atoms with E-state index >= 15 is 0 Å². The van der Waals surface area contributed by atoms with E-state index in [1.807, 2.05) is 0 Å². The van der Waals surface area contributed by atoms with Crippen LogP contribution < -0.4 is 11.1 Å². The van der Waals surface area contributed by atoms with Gasteiger partial charge >= 0.3 is 7.60 Å². The van der Waals surface area contributed by atoms with Gasteiger partial charge in [-0.05, 0) is 6.92 Å². The van der Waals surface area contributed by atoms with Gasteiger partial charge in [-0.25, -0.2) is 9.98 Å². The fraction of sp³-hybridized carbons (Fsp3) is 0.556. The first-order valence-corrected chi connectivity index (χ1v) is 7.42. The van der Waals surface area contributed by atoms with Crippen LogP contribution in [0.3, 0.4) is 0 Å². The summed E-state index contributed by atoms with van der Waals surface area (Å²) in [6.07, 6.45) is 0.623. The summed E-state index contributed by atoms with van der Waals surface area (Å²) in [6, 6.07) is 0. The summed E-state index contributed by atoms with van der Waals surface area (Å²) in [7, 11) is -4.14. The fourth-order valence-corrected chi connectivity index (χ4v) is 2.17. The Morgan fingerprint density at radius 2 is 2.42 bits per heavy atom. The number of fused-ring (bicyclic) bond motifs is 1. The number of aromatic nitrogens is 2. The van der Waals surface area contributed by atoms with Gasteiger partial charge in [0.2, 0.25) is 0 Å². The first kappa shape index (κ1) is 14.0. The van der Waals surface area contributed by atoms with Crippen molar-refractivity contribution in [1.29, 1.82) is 0 Å². The molecule has 0 bridgehead atoms. The van der Waals surface area contributed by atoms with E-state index in [1.54, 1.807) is 17.8 Å². The number of amidine groups is 1. The van der Waals surface area contributed by atoms with Crippen molar-refractivity contribution in [2.45, 2.75) is 19.6 Å². The molecular weight excluding hydrogens is 273 g/mol. The Morgan fingerprint density at radius 1 is 1.68 bits per heavy atom. The number of hydrogen-bond acceptors (Lipinski definition) is 6. The number of imidazole rings is 1. The minimum absolute atomic E-state index is 0.368. The molecule has 1 aromatic heterocycles. The first-order chi connectivity index (χ1) is 8.87. The van der Waals surface area contributed by atoms with Crippen LogP contribution in [0.25, 0.3) is 0 Å². The highest BCUT2D eigenvalue weighted by Gasteiger charge is 2.20. The Morgan fingerprint density at radius 3 is 3.11 bits per heavy atom. The molecule has 1 aliphatic rings. The van der Waals surface area contributed by atoms with E-state index in [0.717, 1.165) is 5.82 Å². The monoisotopic (exact) mass is 289 g/mol. The number of nitrogens with zero attached hydrogens (tertiary/aromatic N) is 3. The van der Waals surface area contributed by atoms with Gasteiger partial charge in [-0.15, -0.1) is 0 Å². The highest BCUT2D eigenvalue weighted by molar-refractivity contribution is 7.51. The number of aliphatic imine (C=N–C) groups is 1. The van der Waals surface area contributed by atoms with Crippen molar-refractivity contribution < 1.29 is 19.1 Å². The van der Waals surface area contributed by atoms with Crippen LogP contribution in [-0.2, 0) is 15.8 Å². The SMILES string of the molecule is C[C@H](Cn1cnc2c1NCN=C2N)OCP(=O)(O)O. The lowest BCUT2D eigenvalue weighted by atomic mass is 10.3. The summed E-state index contributed by atoms with van der Waals surface area (Å²) < 4.78 is 17.6. The summed E-state index contributed by atoms with van der Waals surface area (Å²) in [5.41, 5.74) is 6.28. The summed E-state index contributed by atoms with van der Waals surface area (Å²) in [5, 5.41) is 3.04. The molecule has 2 heterocycles. The molecule has 106 valence electrons. The van der Waals surface area contributed by atoms with Crippen LogP contribution in [0.15, 0.2) is 11.3 Å². The number of nitrogens with two attached hydrogens (primary N) is 1. The lowest BCUT2D eigenvalue weighted by molar-refractivity contribution is 0.0761. The average molecular weight is 289 g/mol. The molecule has 9 nitrogen and oxygen atoms in total. The van der Waals surface area contributed by atoms with Gasteiger partial charge < -0.3 is 30.1 Å². The lowest BCUT2D eigenvalue weighted by Crippen LogP contribution is -2.25. The van der Waals surface area contributed by atoms with E-state index < -0.39 is 13.9 Å². The summed E-state index contributed by atoms with van der Waals surface area (Å²) in [4.78, 5) is 25.6. The van der Waals surface area contributed by atoms with E-state index in [2.05, 4.69) is 15.3 Å². The Kier molecular flexibility index (Phi) is 3.91. The van der Waals surface area contributed by atoms with Crippen molar-refractivity contribution in [3.05, 3.63) is 12.0 Å². The van der Waals surface area contributed by atoms with Crippen molar-refractivity contribution >= 4 is 19.2 Å². The molecule has 0 aromatic carbocycles. The number of ether oxygens (including phenoxy) is 1. The number of hydrogen-bond donors (Lipinski definition) is 4. The molecule has 1 aliphatic heterocycles. The first-order valence-electron chi connectivity index (χ1n) is 5.62. The Bertz CT molecular complexity index is 537. The Balaban J connectivity index is 2.01. The van der Waals surface area contributed by atoms with Crippen LogP contribution >= 0.6 is 7.60 Å². The van der Waals surface area contributed by atoms with Gasteiger partial charge in [-0.3, -0.25) is 4.57 Å². The maximum atomic E-state index is 10.7. The zero-order chi connectivity index (χ0) is 14.0. The van der Waals surface area contributed by atoms with Crippen LogP contribution in [0.1, 0.15) is 12.6 Å². The second-order valence-corrected chi connectivity index (χ2v) is 5.83. The number of rotatable bonds is 5. The van der Waals surface area contributed by atoms with Crippen molar-refractivity contribution in [2.75, 3.05) is 18.3 Å². The van der Waals surface area contributed by atoms with Crippen molar-refractivity contribution in [1.82, 2.24) is 9.55 Å². The van der Waals surface area contributed by atoms with Crippen LogP contribution in [0.5, 0.6) is 0 Å². The normalized spacial score (nSPS) is 16.5. The highest BCUT2D eigenvalue weighted by atomic mass is 31.2. The van der Waals surface area contributed by atoms with E-state index in [-0.39, 0.29) is 6.10 Å². The molecule has 0 aliphatic carbocycles.